The van der Waals surface area contributed by atoms with Gasteiger partial charge in [-0.1, -0.05) is 30.3 Å². The normalized spacial score (nSPS) is 18.2. The second-order valence-corrected chi connectivity index (χ2v) is 5.69. The Kier molecular flexibility index (Phi) is 7.07. The van der Waals surface area contributed by atoms with Crippen molar-refractivity contribution >= 4 is 9.53 Å². The van der Waals surface area contributed by atoms with E-state index >= 15 is 0 Å². The van der Waals surface area contributed by atoms with E-state index in [0.717, 1.165) is 0 Å². The standard InChI is InChI=1S/C9H11N.C3H10O3Si/c1-2-4-8(5-3-1)9-6-7-10-9;1-4-7(5-2)6-3/h1-5,9-10H,6-7H2;7H,1-3H3. The average molecular weight is 255 g/mol. The van der Waals surface area contributed by atoms with E-state index in [1.165, 1.54) is 18.5 Å². The van der Waals surface area contributed by atoms with Gasteiger partial charge < -0.3 is 18.6 Å². The molecule has 0 bridgehead atoms. The van der Waals surface area contributed by atoms with Gasteiger partial charge in [-0.15, -0.1) is 0 Å². The van der Waals surface area contributed by atoms with Gasteiger partial charge in [0.25, 0.3) is 0 Å². The summed E-state index contributed by atoms with van der Waals surface area (Å²) in [5, 5.41) is 3.36. The summed E-state index contributed by atoms with van der Waals surface area (Å²) in [4.78, 5) is 0. The van der Waals surface area contributed by atoms with Crippen LogP contribution in [0.5, 0.6) is 0 Å². The van der Waals surface area contributed by atoms with Crippen molar-refractivity contribution in [3.63, 3.8) is 0 Å². The fourth-order valence-corrected chi connectivity index (χ4v) is 2.12. The first kappa shape index (κ1) is 14.3. The number of benzene rings is 1. The van der Waals surface area contributed by atoms with Crippen molar-refractivity contribution in [1.29, 1.82) is 0 Å². The Morgan fingerprint density at radius 3 is 1.88 bits per heavy atom. The minimum atomic E-state index is -1.67. The summed E-state index contributed by atoms with van der Waals surface area (Å²) in [5.41, 5.74) is 1.42. The summed E-state index contributed by atoms with van der Waals surface area (Å²) in [5.74, 6) is 0. The molecule has 2 rings (SSSR count). The molecule has 0 spiro atoms. The first-order valence-electron chi connectivity index (χ1n) is 5.68. The zero-order chi connectivity index (χ0) is 12.5. The maximum atomic E-state index is 4.74. The van der Waals surface area contributed by atoms with E-state index in [9.17, 15) is 0 Å². The number of hydrogen-bond acceptors (Lipinski definition) is 4. The smallest absolute Gasteiger partial charge is 0.379 e. The van der Waals surface area contributed by atoms with E-state index in [0.29, 0.717) is 6.04 Å². The van der Waals surface area contributed by atoms with Crippen LogP contribution in [0.4, 0.5) is 0 Å². The Balaban J connectivity index is 0.000000185. The Morgan fingerprint density at radius 2 is 1.59 bits per heavy atom. The molecule has 17 heavy (non-hydrogen) atoms. The first-order valence-corrected chi connectivity index (χ1v) is 7.10. The van der Waals surface area contributed by atoms with Crippen LogP contribution >= 0.6 is 0 Å². The molecular formula is C12H21NO3Si. The second kappa shape index (κ2) is 8.38. The number of nitrogens with one attached hydrogen (secondary N) is 1. The van der Waals surface area contributed by atoms with Gasteiger partial charge in [-0.25, -0.2) is 0 Å². The molecule has 1 aromatic rings. The topological polar surface area (TPSA) is 39.7 Å². The van der Waals surface area contributed by atoms with Crippen LogP contribution < -0.4 is 5.32 Å². The van der Waals surface area contributed by atoms with E-state index in [4.69, 9.17) is 13.3 Å². The van der Waals surface area contributed by atoms with Crippen LogP contribution in [0.3, 0.4) is 0 Å². The van der Waals surface area contributed by atoms with Crippen molar-refractivity contribution in [1.82, 2.24) is 5.32 Å². The van der Waals surface area contributed by atoms with Gasteiger partial charge >= 0.3 is 9.53 Å². The number of hydrogen-bond donors (Lipinski definition) is 1. The number of rotatable bonds is 4. The van der Waals surface area contributed by atoms with Crippen molar-refractivity contribution < 1.29 is 13.3 Å². The van der Waals surface area contributed by atoms with E-state index in [1.807, 2.05) is 0 Å². The predicted molar refractivity (Wildman–Crippen MR) is 70.0 cm³/mol. The summed E-state index contributed by atoms with van der Waals surface area (Å²) < 4.78 is 14.2. The van der Waals surface area contributed by atoms with Gasteiger partial charge in [-0.2, -0.15) is 0 Å². The van der Waals surface area contributed by atoms with Gasteiger partial charge in [0.05, 0.1) is 0 Å². The van der Waals surface area contributed by atoms with Gasteiger partial charge in [-0.05, 0) is 18.5 Å². The molecule has 1 fully saturated rings. The highest BCUT2D eigenvalue weighted by molar-refractivity contribution is 6.36. The Morgan fingerprint density at radius 1 is 1.06 bits per heavy atom. The maximum Gasteiger partial charge on any atom is 0.483 e. The summed E-state index contributed by atoms with van der Waals surface area (Å²) in [6.07, 6.45) is 1.30. The minimum Gasteiger partial charge on any atom is -0.379 e. The van der Waals surface area contributed by atoms with Gasteiger partial charge in [0, 0.05) is 27.4 Å². The molecule has 5 heteroatoms. The zero-order valence-corrected chi connectivity index (χ0v) is 11.8. The van der Waals surface area contributed by atoms with Crippen LogP contribution in [0.2, 0.25) is 0 Å². The maximum absolute atomic E-state index is 4.74. The summed E-state index contributed by atoms with van der Waals surface area (Å²) in [6.45, 7) is 1.18. The third-order valence-corrected chi connectivity index (χ3v) is 3.76. The van der Waals surface area contributed by atoms with E-state index in [1.54, 1.807) is 21.3 Å². The quantitative estimate of drug-likeness (QED) is 0.825. The lowest BCUT2D eigenvalue weighted by atomic mass is 9.98. The molecular weight excluding hydrogens is 234 g/mol. The molecule has 4 nitrogen and oxygen atoms in total. The first-order chi connectivity index (χ1) is 8.31. The van der Waals surface area contributed by atoms with Crippen molar-refractivity contribution in [2.45, 2.75) is 12.5 Å². The van der Waals surface area contributed by atoms with Crippen LogP contribution in [0.1, 0.15) is 18.0 Å². The van der Waals surface area contributed by atoms with Gasteiger partial charge in [0.15, 0.2) is 0 Å². The molecule has 1 aromatic carbocycles. The molecule has 0 radical (unpaired) electrons. The fraction of sp³-hybridized carbons (Fsp3) is 0.500. The van der Waals surface area contributed by atoms with E-state index in [2.05, 4.69) is 35.6 Å². The summed E-state index contributed by atoms with van der Waals surface area (Å²) in [7, 11) is 3.05. The molecule has 0 aliphatic carbocycles. The predicted octanol–water partition coefficient (Wildman–Crippen LogP) is 1.36. The molecule has 1 atom stereocenters. The molecule has 1 heterocycles. The van der Waals surface area contributed by atoms with Crippen LogP contribution in [0.25, 0.3) is 0 Å². The lowest BCUT2D eigenvalue weighted by molar-refractivity contribution is 0.163. The van der Waals surface area contributed by atoms with Crippen molar-refractivity contribution in [3.8, 4) is 0 Å². The lowest BCUT2D eigenvalue weighted by Gasteiger charge is -2.27. The summed E-state index contributed by atoms with van der Waals surface area (Å²) in [6, 6.07) is 11.2. The highest BCUT2D eigenvalue weighted by Gasteiger charge is 2.16. The van der Waals surface area contributed by atoms with Crippen molar-refractivity contribution in [2.75, 3.05) is 27.9 Å². The largest absolute Gasteiger partial charge is 0.483 e. The molecule has 1 saturated heterocycles. The van der Waals surface area contributed by atoms with Crippen LogP contribution in [0, 0.1) is 0 Å². The van der Waals surface area contributed by atoms with Crippen LogP contribution in [-0.4, -0.2) is 37.4 Å². The molecule has 0 amide bonds. The van der Waals surface area contributed by atoms with Crippen molar-refractivity contribution in [2.24, 2.45) is 0 Å². The average Bonchev–Trinajstić information content (AvgIpc) is 2.31. The van der Waals surface area contributed by atoms with Gasteiger partial charge in [-0.3, -0.25) is 0 Å². The summed E-state index contributed by atoms with van der Waals surface area (Å²) >= 11 is 0. The van der Waals surface area contributed by atoms with Crippen LogP contribution in [0.15, 0.2) is 30.3 Å². The minimum absolute atomic E-state index is 0.640. The monoisotopic (exact) mass is 255 g/mol. The van der Waals surface area contributed by atoms with E-state index in [-0.39, 0.29) is 0 Å². The molecule has 0 saturated carbocycles. The third kappa shape index (κ3) is 4.97. The van der Waals surface area contributed by atoms with Gasteiger partial charge in [0.1, 0.15) is 0 Å². The molecule has 1 aliphatic rings. The second-order valence-electron chi connectivity index (χ2n) is 3.70. The highest BCUT2D eigenvalue weighted by atomic mass is 28.3. The molecule has 1 unspecified atom stereocenters. The Hall–Kier alpha value is -0.723. The molecule has 0 aromatic heterocycles. The van der Waals surface area contributed by atoms with Crippen LogP contribution in [-0.2, 0) is 13.3 Å². The molecule has 96 valence electrons. The highest BCUT2D eigenvalue weighted by Crippen LogP contribution is 2.21. The molecule has 1 N–H and O–H groups in total. The SMILES string of the molecule is CO[SiH](OC)OC.c1ccc(C2CCN2)cc1. The molecule has 1 aliphatic heterocycles. The Labute approximate surface area is 105 Å². The zero-order valence-electron chi connectivity index (χ0n) is 10.7. The Bertz CT molecular complexity index is 284. The van der Waals surface area contributed by atoms with Crippen molar-refractivity contribution in [3.05, 3.63) is 35.9 Å². The fourth-order valence-electron chi connectivity index (χ4n) is 1.55. The third-order valence-electron chi connectivity index (χ3n) is 2.60. The lowest BCUT2D eigenvalue weighted by Crippen LogP contribution is -2.34. The van der Waals surface area contributed by atoms with Gasteiger partial charge in [0.2, 0.25) is 0 Å². The van der Waals surface area contributed by atoms with E-state index < -0.39 is 9.53 Å².